The highest BCUT2D eigenvalue weighted by molar-refractivity contribution is 8.00. The monoisotopic (exact) mass is 325 g/mol. The number of carbonyl (C=O) groups excluding carboxylic acids is 1. The molecule has 6 heteroatoms. The van der Waals surface area contributed by atoms with E-state index in [1.54, 1.807) is 0 Å². The van der Waals surface area contributed by atoms with Crippen molar-refractivity contribution in [1.82, 2.24) is 5.32 Å². The van der Waals surface area contributed by atoms with Crippen molar-refractivity contribution in [2.24, 2.45) is 5.92 Å². The van der Waals surface area contributed by atoms with Crippen LogP contribution in [0.15, 0.2) is 29.2 Å². The number of carboxylic acid groups (broad SMARTS) is 1. The minimum atomic E-state index is -0.992. The van der Waals surface area contributed by atoms with E-state index in [0.29, 0.717) is 13.0 Å². The molecule has 0 spiro atoms. The van der Waals surface area contributed by atoms with Crippen LogP contribution in [0, 0.1) is 5.92 Å². The Balaban J connectivity index is 2.45. The van der Waals surface area contributed by atoms with Gasteiger partial charge in [-0.15, -0.1) is 11.8 Å². The number of benzene rings is 1. The number of thioether (sulfide) groups is 1. The van der Waals surface area contributed by atoms with E-state index >= 15 is 0 Å². The highest BCUT2D eigenvalue weighted by Crippen LogP contribution is 2.21. The largest absolute Gasteiger partial charge is 0.494 e. The van der Waals surface area contributed by atoms with Gasteiger partial charge < -0.3 is 15.2 Å². The number of carbonyl (C=O) groups is 2. The number of ether oxygens (including phenoxy) is 1. The molecule has 1 rings (SSSR count). The third kappa shape index (κ3) is 6.85. The highest BCUT2D eigenvalue weighted by Gasteiger charge is 2.20. The van der Waals surface area contributed by atoms with Gasteiger partial charge in [-0.2, -0.15) is 0 Å². The van der Waals surface area contributed by atoms with Gasteiger partial charge in [0.1, 0.15) is 11.8 Å². The summed E-state index contributed by atoms with van der Waals surface area (Å²) in [6, 6.07) is 6.64. The van der Waals surface area contributed by atoms with E-state index < -0.39 is 12.0 Å². The molecule has 1 atom stereocenters. The minimum absolute atomic E-state index is 0.190. The van der Waals surface area contributed by atoms with Crippen LogP contribution in [-0.2, 0) is 9.59 Å². The number of nitrogens with one attached hydrogen (secondary N) is 1. The van der Waals surface area contributed by atoms with Crippen molar-refractivity contribution in [3.8, 4) is 5.75 Å². The lowest BCUT2D eigenvalue weighted by Gasteiger charge is -2.16. The van der Waals surface area contributed by atoms with Gasteiger partial charge in [0, 0.05) is 4.90 Å². The Morgan fingerprint density at radius 3 is 2.41 bits per heavy atom. The van der Waals surface area contributed by atoms with Crippen LogP contribution in [0.4, 0.5) is 0 Å². The molecule has 122 valence electrons. The SMILES string of the molecule is CCOc1ccc(SCC(=O)N[C@H](CC(C)C)C(=O)O)cc1. The van der Waals surface area contributed by atoms with Gasteiger partial charge in [0.2, 0.25) is 5.91 Å². The van der Waals surface area contributed by atoms with E-state index in [2.05, 4.69) is 5.32 Å². The van der Waals surface area contributed by atoms with E-state index in [0.717, 1.165) is 10.6 Å². The van der Waals surface area contributed by atoms with Gasteiger partial charge in [-0.3, -0.25) is 4.79 Å². The maximum Gasteiger partial charge on any atom is 0.326 e. The van der Waals surface area contributed by atoms with Gasteiger partial charge in [-0.1, -0.05) is 13.8 Å². The first-order valence-electron chi connectivity index (χ1n) is 7.30. The summed E-state index contributed by atoms with van der Waals surface area (Å²) in [5.74, 6) is -0.0741. The van der Waals surface area contributed by atoms with Crippen LogP contribution >= 0.6 is 11.8 Å². The molecule has 1 amide bonds. The number of hydrogen-bond acceptors (Lipinski definition) is 4. The number of rotatable bonds is 9. The zero-order chi connectivity index (χ0) is 16.5. The van der Waals surface area contributed by atoms with Crippen LogP contribution in [0.1, 0.15) is 27.2 Å². The molecule has 0 aliphatic carbocycles. The lowest BCUT2D eigenvalue weighted by molar-refractivity contribution is -0.141. The molecule has 0 aliphatic heterocycles. The Bertz CT molecular complexity index is 487. The van der Waals surface area contributed by atoms with Crippen LogP contribution in [-0.4, -0.2) is 35.4 Å². The van der Waals surface area contributed by atoms with E-state index in [1.165, 1.54) is 11.8 Å². The van der Waals surface area contributed by atoms with Gasteiger partial charge in [-0.25, -0.2) is 4.79 Å². The molecule has 0 aromatic heterocycles. The van der Waals surface area contributed by atoms with Gasteiger partial charge in [0.25, 0.3) is 0 Å². The second-order valence-corrected chi connectivity index (χ2v) is 6.33. The number of amides is 1. The molecule has 0 radical (unpaired) electrons. The van der Waals surface area contributed by atoms with E-state index in [4.69, 9.17) is 9.84 Å². The topological polar surface area (TPSA) is 75.6 Å². The Hall–Kier alpha value is -1.69. The second-order valence-electron chi connectivity index (χ2n) is 5.28. The van der Waals surface area contributed by atoms with Crippen molar-refractivity contribution in [2.75, 3.05) is 12.4 Å². The third-order valence-corrected chi connectivity index (χ3v) is 3.86. The highest BCUT2D eigenvalue weighted by atomic mass is 32.2. The molecule has 22 heavy (non-hydrogen) atoms. The fourth-order valence-corrected chi connectivity index (χ4v) is 2.59. The fourth-order valence-electron chi connectivity index (χ4n) is 1.88. The third-order valence-electron chi connectivity index (χ3n) is 2.85. The van der Waals surface area contributed by atoms with Gasteiger partial charge in [0.05, 0.1) is 12.4 Å². The first-order chi connectivity index (χ1) is 10.4. The van der Waals surface area contributed by atoms with E-state index in [9.17, 15) is 9.59 Å². The van der Waals surface area contributed by atoms with Gasteiger partial charge >= 0.3 is 5.97 Å². The lowest BCUT2D eigenvalue weighted by atomic mass is 10.0. The Morgan fingerprint density at radius 2 is 1.91 bits per heavy atom. The molecular formula is C16H23NO4S. The van der Waals surface area contributed by atoms with Crippen LogP contribution in [0.5, 0.6) is 5.75 Å². The zero-order valence-corrected chi connectivity index (χ0v) is 14.0. The van der Waals surface area contributed by atoms with Crippen molar-refractivity contribution in [1.29, 1.82) is 0 Å². The maximum atomic E-state index is 11.9. The maximum absolute atomic E-state index is 11.9. The first kappa shape index (κ1) is 18.4. The first-order valence-corrected chi connectivity index (χ1v) is 8.28. The van der Waals surface area contributed by atoms with Gasteiger partial charge in [0.15, 0.2) is 0 Å². The summed E-state index contributed by atoms with van der Waals surface area (Å²) < 4.78 is 5.35. The van der Waals surface area contributed by atoms with Crippen molar-refractivity contribution in [3.63, 3.8) is 0 Å². The Labute approximate surface area is 135 Å². The molecule has 0 bridgehead atoms. The van der Waals surface area contributed by atoms with E-state index in [-0.39, 0.29) is 17.6 Å². The summed E-state index contributed by atoms with van der Waals surface area (Å²) >= 11 is 1.37. The Kier molecular flexibility index (Phi) is 7.80. The number of hydrogen-bond donors (Lipinski definition) is 2. The zero-order valence-electron chi connectivity index (χ0n) is 13.2. The fraction of sp³-hybridized carbons (Fsp3) is 0.500. The molecule has 5 nitrogen and oxygen atoms in total. The standard InChI is InChI=1S/C16H23NO4S/c1-4-21-12-5-7-13(8-6-12)22-10-15(18)17-14(16(19)20)9-11(2)3/h5-8,11,14H,4,9-10H2,1-3H3,(H,17,18)(H,19,20)/t14-/m1/s1. The van der Waals surface area contributed by atoms with Crippen LogP contribution in [0.2, 0.25) is 0 Å². The summed E-state index contributed by atoms with van der Waals surface area (Å²) in [5, 5.41) is 11.7. The summed E-state index contributed by atoms with van der Waals surface area (Å²) in [6.45, 7) is 6.39. The summed E-state index contributed by atoms with van der Waals surface area (Å²) in [5.41, 5.74) is 0. The van der Waals surface area contributed by atoms with Gasteiger partial charge in [-0.05, 0) is 43.5 Å². The summed E-state index contributed by atoms with van der Waals surface area (Å²) in [6.07, 6.45) is 0.425. The van der Waals surface area contributed by atoms with Crippen LogP contribution in [0.3, 0.4) is 0 Å². The van der Waals surface area contributed by atoms with Crippen LogP contribution in [0.25, 0.3) is 0 Å². The predicted octanol–water partition coefficient (Wildman–Crippen LogP) is 2.79. The smallest absolute Gasteiger partial charge is 0.326 e. The summed E-state index contributed by atoms with van der Waals surface area (Å²) in [7, 11) is 0. The molecule has 2 N–H and O–H groups in total. The molecule has 0 aliphatic rings. The van der Waals surface area contributed by atoms with Crippen LogP contribution < -0.4 is 10.1 Å². The lowest BCUT2D eigenvalue weighted by Crippen LogP contribution is -2.42. The average Bonchev–Trinajstić information content (AvgIpc) is 2.45. The molecule has 1 aromatic carbocycles. The number of carboxylic acids is 1. The van der Waals surface area contributed by atoms with Crippen molar-refractivity contribution < 1.29 is 19.4 Å². The molecule has 0 saturated heterocycles. The number of aliphatic carboxylic acids is 1. The molecule has 0 saturated carbocycles. The molecule has 0 heterocycles. The van der Waals surface area contributed by atoms with E-state index in [1.807, 2.05) is 45.0 Å². The second kappa shape index (κ2) is 9.35. The Morgan fingerprint density at radius 1 is 1.27 bits per heavy atom. The molecule has 0 fully saturated rings. The van der Waals surface area contributed by atoms with Crippen molar-refractivity contribution in [3.05, 3.63) is 24.3 Å². The van der Waals surface area contributed by atoms with Crippen molar-refractivity contribution in [2.45, 2.75) is 38.1 Å². The van der Waals surface area contributed by atoms with Crippen molar-refractivity contribution >= 4 is 23.6 Å². The predicted molar refractivity (Wildman–Crippen MR) is 87.4 cm³/mol. The summed E-state index contributed by atoms with van der Waals surface area (Å²) in [4.78, 5) is 23.9. The molecule has 1 aromatic rings. The quantitative estimate of drug-likeness (QED) is 0.683. The molecular weight excluding hydrogens is 302 g/mol. The minimum Gasteiger partial charge on any atom is -0.494 e. The molecule has 0 unspecified atom stereocenters. The normalized spacial score (nSPS) is 12.0. The average molecular weight is 325 g/mol.